The van der Waals surface area contributed by atoms with Crippen LogP contribution in [0.1, 0.15) is 39.5 Å². The minimum atomic E-state index is 0.990. The first-order chi connectivity index (χ1) is 7.38. The average Bonchev–Trinajstić information content (AvgIpc) is 2.30. The Hall–Kier alpha value is -0.920. The minimum Gasteiger partial charge on any atom is -0.385 e. The van der Waals surface area contributed by atoms with Crippen LogP contribution in [0.2, 0.25) is 0 Å². The van der Waals surface area contributed by atoms with E-state index >= 15 is 0 Å². The van der Waals surface area contributed by atoms with Gasteiger partial charge in [0.25, 0.3) is 0 Å². The molecular weight excluding hydrogens is 184 g/mol. The summed E-state index contributed by atoms with van der Waals surface area (Å²) in [7, 11) is 0. The number of hydrogen-bond acceptors (Lipinski definition) is 2. The lowest BCUT2D eigenvalue weighted by Crippen LogP contribution is -2.31. The van der Waals surface area contributed by atoms with Crippen molar-refractivity contribution in [1.82, 2.24) is 10.2 Å². The van der Waals surface area contributed by atoms with E-state index in [0.717, 1.165) is 6.54 Å². The van der Waals surface area contributed by atoms with Gasteiger partial charge in [-0.1, -0.05) is 26.7 Å². The summed E-state index contributed by atoms with van der Waals surface area (Å²) in [6.45, 7) is 7.91. The van der Waals surface area contributed by atoms with Crippen LogP contribution in [0.4, 0.5) is 0 Å². The van der Waals surface area contributed by atoms with Crippen LogP contribution in [0.5, 0.6) is 0 Å². The van der Waals surface area contributed by atoms with Gasteiger partial charge >= 0.3 is 0 Å². The molecule has 0 atom stereocenters. The number of nitrogens with one attached hydrogen (secondary N) is 1. The molecule has 0 saturated heterocycles. The first-order valence-corrected chi connectivity index (χ1v) is 6.22. The Labute approximate surface area is 94.0 Å². The fraction of sp³-hybridized carbons (Fsp3) is 0.692. The van der Waals surface area contributed by atoms with Crippen molar-refractivity contribution in [2.75, 3.05) is 19.6 Å². The second-order valence-corrected chi connectivity index (χ2v) is 4.09. The van der Waals surface area contributed by atoms with Crippen molar-refractivity contribution in [2.24, 2.45) is 0 Å². The molecule has 0 unspecified atom stereocenters. The van der Waals surface area contributed by atoms with Gasteiger partial charge in [-0.3, -0.25) is 0 Å². The van der Waals surface area contributed by atoms with E-state index in [-0.39, 0.29) is 0 Å². The molecule has 0 fully saturated rings. The highest BCUT2D eigenvalue weighted by Gasteiger charge is 2.08. The third-order valence-corrected chi connectivity index (χ3v) is 2.76. The minimum absolute atomic E-state index is 0.990. The number of dihydropyridines is 1. The molecule has 1 aliphatic rings. The van der Waals surface area contributed by atoms with E-state index in [1.807, 2.05) is 6.20 Å². The summed E-state index contributed by atoms with van der Waals surface area (Å²) >= 11 is 0. The zero-order chi connectivity index (χ0) is 10.9. The van der Waals surface area contributed by atoms with Crippen molar-refractivity contribution in [3.8, 4) is 0 Å². The molecule has 0 saturated carbocycles. The highest BCUT2D eigenvalue weighted by Crippen LogP contribution is 2.10. The van der Waals surface area contributed by atoms with Crippen molar-refractivity contribution in [2.45, 2.75) is 39.5 Å². The lowest BCUT2D eigenvalue weighted by atomic mass is 10.2. The van der Waals surface area contributed by atoms with Crippen molar-refractivity contribution < 1.29 is 0 Å². The first kappa shape index (κ1) is 12.2. The molecule has 0 aromatic heterocycles. The summed E-state index contributed by atoms with van der Waals surface area (Å²) in [4.78, 5) is 2.53. The summed E-state index contributed by atoms with van der Waals surface area (Å²) in [5.41, 5.74) is 1.44. The van der Waals surface area contributed by atoms with Crippen LogP contribution in [0.15, 0.2) is 24.0 Å². The Morgan fingerprint density at radius 1 is 1.20 bits per heavy atom. The molecule has 15 heavy (non-hydrogen) atoms. The van der Waals surface area contributed by atoms with Crippen molar-refractivity contribution in [3.63, 3.8) is 0 Å². The van der Waals surface area contributed by atoms with Gasteiger partial charge in [0.15, 0.2) is 0 Å². The monoisotopic (exact) mass is 208 g/mol. The second-order valence-electron chi connectivity index (χ2n) is 4.09. The first-order valence-electron chi connectivity index (χ1n) is 6.22. The van der Waals surface area contributed by atoms with Crippen molar-refractivity contribution >= 4 is 0 Å². The number of rotatable bonds is 7. The standard InChI is InChI=1S/C13H24N2/c1-3-5-10-15(11-6-4-2)13-8-7-9-14-12-13/h7-9,14H,3-6,10-12H2,1-2H3. The van der Waals surface area contributed by atoms with Crippen LogP contribution in [-0.2, 0) is 0 Å². The van der Waals surface area contributed by atoms with Gasteiger partial charge in [0, 0.05) is 18.8 Å². The lowest BCUT2D eigenvalue weighted by molar-refractivity contribution is 0.323. The molecule has 1 N–H and O–H groups in total. The average molecular weight is 208 g/mol. The van der Waals surface area contributed by atoms with Crippen LogP contribution in [0.25, 0.3) is 0 Å². The smallest absolute Gasteiger partial charge is 0.0544 e. The van der Waals surface area contributed by atoms with Crippen LogP contribution in [0.3, 0.4) is 0 Å². The summed E-state index contributed by atoms with van der Waals surface area (Å²) in [6, 6.07) is 0. The SMILES string of the molecule is CCCCN(CCCC)C1=CC=CNC1. The molecule has 0 aromatic carbocycles. The predicted octanol–water partition coefficient (Wildman–Crippen LogP) is 2.89. The Morgan fingerprint density at radius 2 is 1.87 bits per heavy atom. The van der Waals surface area contributed by atoms with E-state index in [4.69, 9.17) is 0 Å². The summed E-state index contributed by atoms with van der Waals surface area (Å²) in [6.07, 6.45) is 11.5. The Kier molecular flexibility index (Phi) is 5.98. The molecule has 0 amide bonds. The molecule has 1 heterocycles. The number of unbranched alkanes of at least 4 members (excludes halogenated alkanes) is 2. The summed E-state index contributed by atoms with van der Waals surface area (Å²) < 4.78 is 0. The fourth-order valence-electron chi connectivity index (χ4n) is 1.76. The summed E-state index contributed by atoms with van der Waals surface area (Å²) in [5.74, 6) is 0. The molecule has 86 valence electrons. The van der Waals surface area contributed by atoms with E-state index in [1.54, 1.807) is 0 Å². The normalized spacial score (nSPS) is 14.7. The lowest BCUT2D eigenvalue weighted by Gasteiger charge is -2.28. The second kappa shape index (κ2) is 7.38. The van der Waals surface area contributed by atoms with Crippen molar-refractivity contribution in [3.05, 3.63) is 24.0 Å². The molecule has 2 nitrogen and oxygen atoms in total. The highest BCUT2D eigenvalue weighted by atomic mass is 15.1. The highest BCUT2D eigenvalue weighted by molar-refractivity contribution is 5.17. The van der Waals surface area contributed by atoms with E-state index in [0.29, 0.717) is 0 Å². The van der Waals surface area contributed by atoms with Gasteiger partial charge < -0.3 is 10.2 Å². The fourth-order valence-corrected chi connectivity index (χ4v) is 1.76. The maximum atomic E-state index is 3.28. The molecular formula is C13H24N2. The number of hydrogen-bond donors (Lipinski definition) is 1. The van der Waals surface area contributed by atoms with E-state index in [1.165, 1.54) is 44.5 Å². The number of nitrogens with zero attached hydrogens (tertiary/aromatic N) is 1. The zero-order valence-corrected chi connectivity index (χ0v) is 10.1. The van der Waals surface area contributed by atoms with Crippen LogP contribution < -0.4 is 5.32 Å². The van der Waals surface area contributed by atoms with Gasteiger partial charge in [-0.25, -0.2) is 0 Å². The quantitative estimate of drug-likeness (QED) is 0.692. The third kappa shape index (κ3) is 4.41. The van der Waals surface area contributed by atoms with Gasteiger partial charge in [0.05, 0.1) is 6.54 Å². The molecule has 2 heteroatoms. The van der Waals surface area contributed by atoms with Crippen molar-refractivity contribution in [1.29, 1.82) is 0 Å². The molecule has 1 rings (SSSR count). The molecule has 0 radical (unpaired) electrons. The maximum Gasteiger partial charge on any atom is 0.0544 e. The number of allylic oxidation sites excluding steroid dienone is 2. The predicted molar refractivity (Wildman–Crippen MR) is 66.6 cm³/mol. The molecule has 0 spiro atoms. The van der Waals surface area contributed by atoms with Crippen LogP contribution >= 0.6 is 0 Å². The largest absolute Gasteiger partial charge is 0.385 e. The van der Waals surface area contributed by atoms with Crippen LogP contribution in [0, 0.1) is 0 Å². The third-order valence-electron chi connectivity index (χ3n) is 2.76. The van der Waals surface area contributed by atoms with E-state index < -0.39 is 0 Å². The molecule has 1 aliphatic heterocycles. The molecule has 0 aromatic rings. The van der Waals surface area contributed by atoms with E-state index in [2.05, 4.69) is 36.2 Å². The maximum absolute atomic E-state index is 3.28. The molecule has 0 aliphatic carbocycles. The Morgan fingerprint density at radius 3 is 2.33 bits per heavy atom. The van der Waals surface area contributed by atoms with Gasteiger partial charge in [0.2, 0.25) is 0 Å². The topological polar surface area (TPSA) is 15.3 Å². The van der Waals surface area contributed by atoms with Gasteiger partial charge in [-0.2, -0.15) is 0 Å². The summed E-state index contributed by atoms with van der Waals surface area (Å²) in [5, 5.41) is 3.28. The van der Waals surface area contributed by atoms with Gasteiger partial charge in [-0.15, -0.1) is 0 Å². The Balaban J connectivity index is 2.45. The molecule has 0 bridgehead atoms. The van der Waals surface area contributed by atoms with Gasteiger partial charge in [0.1, 0.15) is 0 Å². The zero-order valence-electron chi connectivity index (χ0n) is 10.1. The van der Waals surface area contributed by atoms with Gasteiger partial charge in [-0.05, 0) is 31.2 Å². The van der Waals surface area contributed by atoms with Crippen LogP contribution in [-0.4, -0.2) is 24.5 Å². The van der Waals surface area contributed by atoms with E-state index in [9.17, 15) is 0 Å². The Bertz CT molecular complexity index is 211.